The van der Waals surface area contributed by atoms with E-state index in [-0.39, 0.29) is 30.8 Å². The normalized spacial score (nSPS) is 48.3. The number of cyclic esters (lactones) is 2. The van der Waals surface area contributed by atoms with Crippen LogP contribution >= 0.6 is 0 Å². The lowest BCUT2D eigenvalue weighted by Crippen LogP contribution is -2.66. The molecule has 0 amide bonds. The first-order valence-corrected chi connectivity index (χ1v) is 9.34. The zero-order valence-electron chi connectivity index (χ0n) is 15.0. The Bertz CT molecular complexity index is 829. The van der Waals surface area contributed by atoms with Crippen LogP contribution < -0.4 is 0 Å². The van der Waals surface area contributed by atoms with Crippen LogP contribution in [0, 0.1) is 22.7 Å². The van der Waals surface area contributed by atoms with Crippen molar-refractivity contribution in [1.82, 2.24) is 0 Å². The molecule has 0 unspecified atom stereocenters. The third-order valence-electron chi connectivity index (χ3n) is 7.58. The maximum Gasteiger partial charge on any atom is 0.342 e. The van der Waals surface area contributed by atoms with E-state index >= 15 is 0 Å². The van der Waals surface area contributed by atoms with Crippen LogP contribution in [0.5, 0.6) is 0 Å². The lowest BCUT2D eigenvalue weighted by Gasteiger charge is -2.58. The third kappa shape index (κ3) is 1.84. The molecule has 7 nitrogen and oxygen atoms in total. The first-order valence-electron chi connectivity index (χ1n) is 9.34. The van der Waals surface area contributed by atoms with Gasteiger partial charge in [-0.2, -0.15) is 0 Å². The second-order valence-corrected chi connectivity index (χ2v) is 8.44. The van der Waals surface area contributed by atoms with E-state index in [1.165, 1.54) is 12.3 Å². The fraction of sp³-hybridized carbons (Fsp3) is 0.600. The molecule has 2 saturated heterocycles. The number of carbonyl (C=O) groups excluding carboxylic acids is 2. The van der Waals surface area contributed by atoms with Gasteiger partial charge >= 0.3 is 11.9 Å². The van der Waals surface area contributed by atoms with Gasteiger partial charge in [-0.3, -0.25) is 4.79 Å². The highest BCUT2D eigenvalue weighted by Gasteiger charge is 2.75. The Labute approximate surface area is 155 Å². The van der Waals surface area contributed by atoms with Crippen LogP contribution in [-0.4, -0.2) is 40.5 Å². The number of esters is 2. The Morgan fingerprint density at radius 1 is 1.22 bits per heavy atom. The first-order chi connectivity index (χ1) is 12.8. The second-order valence-electron chi connectivity index (χ2n) is 8.44. The molecule has 4 aliphatic rings. The van der Waals surface area contributed by atoms with Crippen molar-refractivity contribution in [2.24, 2.45) is 22.7 Å². The molecule has 1 aromatic heterocycles. The van der Waals surface area contributed by atoms with Crippen LogP contribution in [-0.2, 0) is 19.1 Å². The van der Waals surface area contributed by atoms with Crippen molar-refractivity contribution in [3.05, 3.63) is 36.3 Å². The minimum Gasteiger partial charge on any atom is -0.472 e. The summed E-state index contributed by atoms with van der Waals surface area (Å²) < 4.78 is 16.1. The summed E-state index contributed by atoms with van der Waals surface area (Å²) in [7, 11) is 0. The maximum absolute atomic E-state index is 13.2. The third-order valence-corrected chi connectivity index (χ3v) is 7.58. The van der Waals surface area contributed by atoms with E-state index in [4.69, 9.17) is 13.9 Å². The standard InChI is InChI=1S/C20H22O7/c1-11-13(21)7-18-10-26-17(23)20(18,24)5-2-3-15(18)19(11)8-14(27-16(19)22)12-4-6-25-9-12/h2,4-6,9,11,13-15,21,24H,3,7-8,10H2,1H3/t11-,13-,14-,15-,18+,19-,20-/m1/s1. The van der Waals surface area contributed by atoms with E-state index in [1.807, 2.05) is 6.92 Å². The quantitative estimate of drug-likeness (QED) is 0.567. The Balaban J connectivity index is 1.65. The molecule has 7 heteroatoms. The highest BCUT2D eigenvalue weighted by Crippen LogP contribution is 2.68. The smallest absolute Gasteiger partial charge is 0.342 e. The number of hydrogen-bond acceptors (Lipinski definition) is 7. The summed E-state index contributed by atoms with van der Waals surface area (Å²) >= 11 is 0. The van der Waals surface area contributed by atoms with E-state index in [1.54, 1.807) is 18.4 Å². The van der Waals surface area contributed by atoms with E-state index in [0.717, 1.165) is 5.56 Å². The summed E-state index contributed by atoms with van der Waals surface area (Å²) in [5.74, 6) is -1.84. The van der Waals surface area contributed by atoms with Gasteiger partial charge in [0.25, 0.3) is 0 Å². The van der Waals surface area contributed by atoms with E-state index in [9.17, 15) is 19.8 Å². The number of ether oxygens (including phenoxy) is 2. The molecule has 1 saturated carbocycles. The summed E-state index contributed by atoms with van der Waals surface area (Å²) in [6.07, 6.45) is 6.07. The van der Waals surface area contributed by atoms with Crippen molar-refractivity contribution in [3.8, 4) is 0 Å². The Hall–Kier alpha value is -2.12. The molecule has 3 fully saturated rings. The molecule has 27 heavy (non-hydrogen) atoms. The van der Waals surface area contributed by atoms with Crippen LogP contribution in [0.3, 0.4) is 0 Å². The molecular weight excluding hydrogens is 352 g/mol. The van der Waals surface area contributed by atoms with Crippen LogP contribution in [0.2, 0.25) is 0 Å². The summed E-state index contributed by atoms with van der Waals surface area (Å²) in [6, 6.07) is 1.76. The van der Waals surface area contributed by atoms with Crippen LogP contribution in [0.25, 0.3) is 0 Å². The fourth-order valence-electron chi connectivity index (χ4n) is 6.06. The van der Waals surface area contributed by atoms with Gasteiger partial charge in [-0.05, 0) is 36.8 Å². The zero-order valence-corrected chi connectivity index (χ0v) is 15.0. The van der Waals surface area contributed by atoms with Crippen LogP contribution in [0.15, 0.2) is 35.2 Å². The van der Waals surface area contributed by atoms with Gasteiger partial charge < -0.3 is 24.1 Å². The molecule has 2 aliphatic carbocycles. The van der Waals surface area contributed by atoms with Gasteiger partial charge in [0.15, 0.2) is 5.60 Å². The van der Waals surface area contributed by atoms with Gasteiger partial charge in [-0.15, -0.1) is 0 Å². The molecular formula is C20H22O7. The predicted molar refractivity (Wildman–Crippen MR) is 90.0 cm³/mol. The predicted octanol–water partition coefficient (Wildman–Crippen LogP) is 1.51. The second kappa shape index (κ2) is 5.23. The number of carbonyl (C=O) groups is 2. The molecule has 2 aliphatic heterocycles. The number of hydrogen-bond donors (Lipinski definition) is 2. The molecule has 2 N–H and O–H groups in total. The molecule has 3 heterocycles. The van der Waals surface area contributed by atoms with Crippen molar-refractivity contribution >= 4 is 11.9 Å². The van der Waals surface area contributed by atoms with Gasteiger partial charge in [0.1, 0.15) is 12.7 Å². The number of aliphatic hydroxyl groups excluding tert-OH is 1. The number of allylic oxidation sites excluding steroid dienone is 1. The highest BCUT2D eigenvalue weighted by molar-refractivity contribution is 5.87. The fourth-order valence-corrected chi connectivity index (χ4v) is 6.06. The number of fused-ring (bicyclic) bond motifs is 1. The minimum absolute atomic E-state index is 0.00741. The van der Waals surface area contributed by atoms with E-state index < -0.39 is 34.6 Å². The molecule has 0 radical (unpaired) electrons. The molecule has 0 bridgehead atoms. The van der Waals surface area contributed by atoms with Crippen molar-refractivity contribution in [3.63, 3.8) is 0 Å². The summed E-state index contributed by atoms with van der Waals surface area (Å²) in [5, 5.41) is 22.1. The SMILES string of the molecule is C[C@@H]1[C@H](O)C[C@@]23COC(=O)[C@]2(O)C=CC[C@H]3[C@@]12C[C@H](c1ccoc1)OC2=O. The average molecular weight is 374 g/mol. The Morgan fingerprint density at radius 3 is 2.78 bits per heavy atom. The molecule has 5 rings (SSSR count). The Kier molecular flexibility index (Phi) is 3.30. The van der Waals surface area contributed by atoms with Crippen LogP contribution in [0.4, 0.5) is 0 Å². The lowest BCUT2D eigenvalue weighted by molar-refractivity contribution is -0.196. The summed E-state index contributed by atoms with van der Waals surface area (Å²) in [5.41, 5.74) is -3.10. The minimum atomic E-state index is -1.82. The van der Waals surface area contributed by atoms with Gasteiger partial charge in [0.2, 0.25) is 0 Å². The summed E-state index contributed by atoms with van der Waals surface area (Å²) in [4.78, 5) is 25.6. The molecule has 2 spiro atoms. The van der Waals surface area contributed by atoms with E-state index in [0.29, 0.717) is 12.8 Å². The van der Waals surface area contributed by atoms with E-state index in [2.05, 4.69) is 0 Å². The molecule has 7 atom stereocenters. The average Bonchev–Trinajstić information content (AvgIpc) is 3.33. The maximum atomic E-state index is 13.2. The topological polar surface area (TPSA) is 106 Å². The van der Waals surface area contributed by atoms with Gasteiger partial charge in [-0.25, -0.2) is 4.79 Å². The van der Waals surface area contributed by atoms with Crippen molar-refractivity contribution in [1.29, 1.82) is 0 Å². The molecule has 0 aromatic carbocycles. The summed E-state index contributed by atoms with van der Waals surface area (Å²) in [6.45, 7) is 1.85. The van der Waals surface area contributed by atoms with Gasteiger partial charge in [0.05, 0.1) is 29.5 Å². The zero-order chi connectivity index (χ0) is 19.0. The molecule has 144 valence electrons. The Morgan fingerprint density at radius 2 is 2.04 bits per heavy atom. The van der Waals surface area contributed by atoms with Gasteiger partial charge in [-0.1, -0.05) is 13.0 Å². The number of rotatable bonds is 1. The monoisotopic (exact) mass is 374 g/mol. The number of furan rings is 1. The number of aliphatic hydroxyl groups is 2. The van der Waals surface area contributed by atoms with Crippen molar-refractivity contribution in [2.75, 3.05) is 6.61 Å². The van der Waals surface area contributed by atoms with Gasteiger partial charge in [0, 0.05) is 12.0 Å². The largest absolute Gasteiger partial charge is 0.472 e. The lowest BCUT2D eigenvalue weighted by atomic mass is 9.44. The molecule has 1 aromatic rings. The van der Waals surface area contributed by atoms with Crippen molar-refractivity contribution < 1.29 is 33.7 Å². The first kappa shape index (κ1) is 17.0. The highest BCUT2D eigenvalue weighted by atomic mass is 16.6. The van der Waals surface area contributed by atoms with Crippen LogP contribution in [0.1, 0.15) is 37.9 Å². The van der Waals surface area contributed by atoms with Crippen molar-refractivity contribution in [2.45, 2.75) is 44.0 Å².